The zero-order valence-electron chi connectivity index (χ0n) is 16.1. The fourth-order valence-electron chi connectivity index (χ4n) is 3.29. The van der Waals surface area contributed by atoms with Crippen molar-refractivity contribution in [3.8, 4) is 0 Å². The largest absolute Gasteiger partial charge is 0.483 e. The number of aryl methyl sites for hydroxylation is 1. The summed E-state index contributed by atoms with van der Waals surface area (Å²) in [6, 6.07) is 5.52. The minimum Gasteiger partial charge on any atom is -0.483 e. The fourth-order valence-corrected chi connectivity index (χ4v) is 4.29. The minimum atomic E-state index is -0.259. The fraction of sp³-hybridized carbons (Fsp3) is 0.450. The molecule has 5 nitrogen and oxygen atoms in total. The van der Waals surface area contributed by atoms with Crippen molar-refractivity contribution >= 4 is 50.2 Å². The predicted molar refractivity (Wildman–Crippen MR) is 114 cm³/mol. The van der Waals surface area contributed by atoms with Crippen LogP contribution in [0.15, 0.2) is 32.7 Å². The van der Waals surface area contributed by atoms with Gasteiger partial charge in [0, 0.05) is 22.0 Å². The maximum absolute atomic E-state index is 6.47. The topological polar surface area (TPSA) is 56.1 Å². The highest BCUT2D eigenvalue weighted by Crippen LogP contribution is 2.33. The van der Waals surface area contributed by atoms with Crippen LogP contribution < -0.4 is 0 Å². The van der Waals surface area contributed by atoms with E-state index in [4.69, 9.17) is 36.0 Å². The molecule has 1 aliphatic heterocycles. The van der Waals surface area contributed by atoms with Crippen molar-refractivity contribution < 1.29 is 9.47 Å². The number of halogens is 2. The first kappa shape index (κ1) is 20.1. The third-order valence-corrected chi connectivity index (χ3v) is 5.58. The van der Waals surface area contributed by atoms with Crippen LogP contribution in [0.25, 0.3) is 10.9 Å². The van der Waals surface area contributed by atoms with Crippen molar-refractivity contribution in [1.82, 2.24) is 4.98 Å². The van der Waals surface area contributed by atoms with E-state index in [1.165, 1.54) is 0 Å². The molecule has 0 spiro atoms. The molecule has 0 aliphatic carbocycles. The molecule has 0 saturated heterocycles. The number of nitrogens with zero attached hydrogens (tertiary/aromatic N) is 3. The SMILES string of the molecule is COC1=N[C@H](C(C)C)C(OC)=N[C@H]1Cc1ccc(Br)c2c(Cl)cc(C)nc12. The van der Waals surface area contributed by atoms with Gasteiger partial charge in [0.05, 0.1) is 24.8 Å². The Morgan fingerprint density at radius 1 is 1.15 bits per heavy atom. The molecule has 2 heterocycles. The molecular weight excluding hydrogens is 430 g/mol. The second kappa shape index (κ2) is 8.15. The lowest BCUT2D eigenvalue weighted by Gasteiger charge is -2.27. The number of aromatic nitrogens is 1. The second-order valence-corrected chi connectivity index (χ2v) is 8.19. The lowest BCUT2D eigenvalue weighted by molar-refractivity contribution is 0.333. The smallest absolute Gasteiger partial charge is 0.209 e. The molecule has 7 heteroatoms. The maximum Gasteiger partial charge on any atom is 0.209 e. The number of methoxy groups -OCH3 is 2. The lowest BCUT2D eigenvalue weighted by Crippen LogP contribution is -2.38. The molecule has 0 unspecified atom stereocenters. The molecule has 2 aromatic rings. The Kier molecular flexibility index (Phi) is 6.06. The van der Waals surface area contributed by atoms with Crippen LogP contribution in [0.5, 0.6) is 0 Å². The molecule has 0 fully saturated rings. The molecule has 1 aliphatic rings. The summed E-state index contributed by atoms with van der Waals surface area (Å²) in [4.78, 5) is 14.3. The Morgan fingerprint density at radius 3 is 2.48 bits per heavy atom. The Labute approximate surface area is 173 Å². The third kappa shape index (κ3) is 3.97. The van der Waals surface area contributed by atoms with Crippen LogP contribution in [0.1, 0.15) is 25.1 Å². The molecule has 0 amide bonds. The van der Waals surface area contributed by atoms with E-state index in [0.29, 0.717) is 23.2 Å². The Hall–Kier alpha value is -1.66. The van der Waals surface area contributed by atoms with E-state index in [1.807, 2.05) is 25.1 Å². The monoisotopic (exact) mass is 451 g/mol. The van der Waals surface area contributed by atoms with E-state index in [-0.39, 0.29) is 18.0 Å². The van der Waals surface area contributed by atoms with E-state index in [1.54, 1.807) is 14.2 Å². The van der Waals surface area contributed by atoms with Gasteiger partial charge in [-0.15, -0.1) is 0 Å². The van der Waals surface area contributed by atoms with Gasteiger partial charge in [0.25, 0.3) is 0 Å². The van der Waals surface area contributed by atoms with E-state index in [2.05, 4.69) is 29.8 Å². The average molecular weight is 453 g/mol. The van der Waals surface area contributed by atoms with E-state index in [9.17, 15) is 0 Å². The van der Waals surface area contributed by atoms with Crippen LogP contribution in [-0.2, 0) is 15.9 Å². The Morgan fingerprint density at radius 2 is 1.85 bits per heavy atom. The summed E-state index contributed by atoms with van der Waals surface area (Å²) < 4.78 is 12.0. The summed E-state index contributed by atoms with van der Waals surface area (Å²) in [6.07, 6.45) is 0.598. The van der Waals surface area contributed by atoms with Crippen molar-refractivity contribution in [3.05, 3.63) is 39.0 Å². The van der Waals surface area contributed by atoms with Gasteiger partial charge in [-0.2, -0.15) is 0 Å². The van der Waals surface area contributed by atoms with Gasteiger partial charge >= 0.3 is 0 Å². The van der Waals surface area contributed by atoms with Gasteiger partial charge in [-0.05, 0) is 30.5 Å². The molecule has 144 valence electrons. The predicted octanol–water partition coefficient (Wildman–Crippen LogP) is 5.00. The Balaban J connectivity index is 2.05. The van der Waals surface area contributed by atoms with Crippen molar-refractivity contribution in [3.63, 3.8) is 0 Å². The molecule has 1 aromatic heterocycles. The molecule has 1 aromatic carbocycles. The van der Waals surface area contributed by atoms with Crippen LogP contribution >= 0.6 is 27.5 Å². The van der Waals surface area contributed by atoms with Gasteiger partial charge in [-0.25, -0.2) is 9.98 Å². The molecule has 0 bridgehead atoms. The number of rotatable bonds is 3. The summed E-state index contributed by atoms with van der Waals surface area (Å²) in [7, 11) is 3.27. The summed E-state index contributed by atoms with van der Waals surface area (Å²) >= 11 is 10.1. The minimum absolute atomic E-state index is 0.127. The van der Waals surface area contributed by atoms with Crippen LogP contribution in [0, 0.1) is 12.8 Å². The highest BCUT2D eigenvalue weighted by atomic mass is 79.9. The summed E-state index contributed by atoms with van der Waals surface area (Å²) in [5, 5.41) is 1.58. The van der Waals surface area contributed by atoms with E-state index in [0.717, 1.165) is 26.6 Å². The second-order valence-electron chi connectivity index (χ2n) is 6.93. The quantitative estimate of drug-likeness (QED) is 0.658. The number of fused-ring (bicyclic) bond motifs is 1. The molecule has 3 rings (SSSR count). The highest BCUT2D eigenvalue weighted by Gasteiger charge is 2.31. The number of ether oxygens (including phenoxy) is 2. The first-order chi connectivity index (χ1) is 12.8. The standard InChI is InChI=1S/C20H23BrClN3O2/c1-10(2)17-20(27-5)24-15(19(25-17)26-4)9-12-6-7-13(21)16-14(22)8-11(3)23-18(12)16/h6-8,10,15,17H,9H2,1-5H3/t15-,17+/m0/s1. The molecule has 2 atom stereocenters. The number of pyridine rings is 1. The molecule has 0 radical (unpaired) electrons. The Bertz CT molecular complexity index is 927. The van der Waals surface area contributed by atoms with Crippen LogP contribution in [0.2, 0.25) is 5.02 Å². The lowest BCUT2D eigenvalue weighted by atomic mass is 9.99. The van der Waals surface area contributed by atoms with Crippen molar-refractivity contribution in [2.75, 3.05) is 14.2 Å². The number of benzene rings is 1. The first-order valence-corrected chi connectivity index (χ1v) is 10.00. The van der Waals surface area contributed by atoms with Crippen LogP contribution in [0.3, 0.4) is 0 Å². The van der Waals surface area contributed by atoms with Gasteiger partial charge < -0.3 is 9.47 Å². The van der Waals surface area contributed by atoms with E-state index >= 15 is 0 Å². The number of hydrogen-bond donors (Lipinski definition) is 0. The first-order valence-electron chi connectivity index (χ1n) is 8.83. The van der Waals surface area contributed by atoms with Crippen molar-refractivity contribution in [2.24, 2.45) is 15.9 Å². The summed E-state index contributed by atoms with van der Waals surface area (Å²) in [6.45, 7) is 6.12. The van der Waals surface area contributed by atoms with Crippen molar-refractivity contribution in [2.45, 2.75) is 39.3 Å². The molecule has 0 N–H and O–H groups in total. The van der Waals surface area contributed by atoms with Crippen LogP contribution in [0.4, 0.5) is 0 Å². The third-order valence-electron chi connectivity index (χ3n) is 4.62. The highest BCUT2D eigenvalue weighted by molar-refractivity contribution is 9.10. The van der Waals surface area contributed by atoms with E-state index < -0.39 is 0 Å². The van der Waals surface area contributed by atoms with Gasteiger partial charge in [-0.1, -0.05) is 47.4 Å². The maximum atomic E-state index is 6.47. The average Bonchev–Trinajstić information content (AvgIpc) is 2.62. The van der Waals surface area contributed by atoms with Crippen molar-refractivity contribution in [1.29, 1.82) is 0 Å². The number of hydrogen-bond acceptors (Lipinski definition) is 5. The summed E-state index contributed by atoms with van der Waals surface area (Å²) in [5.41, 5.74) is 2.78. The van der Waals surface area contributed by atoms with Gasteiger partial charge in [0.15, 0.2) is 0 Å². The van der Waals surface area contributed by atoms with Gasteiger partial charge in [0.1, 0.15) is 12.1 Å². The zero-order valence-corrected chi connectivity index (χ0v) is 18.4. The molecular formula is C20H23BrClN3O2. The molecule has 27 heavy (non-hydrogen) atoms. The number of aliphatic imine (C=N–C) groups is 2. The van der Waals surface area contributed by atoms with Gasteiger partial charge in [-0.3, -0.25) is 4.98 Å². The van der Waals surface area contributed by atoms with Gasteiger partial charge in [0.2, 0.25) is 11.8 Å². The van der Waals surface area contributed by atoms with Crippen LogP contribution in [-0.4, -0.2) is 43.1 Å². The normalized spacial score (nSPS) is 19.9. The zero-order chi connectivity index (χ0) is 19.7. The molecule has 0 saturated carbocycles. The summed E-state index contributed by atoms with van der Waals surface area (Å²) in [5.74, 6) is 1.52.